The van der Waals surface area contributed by atoms with Gasteiger partial charge in [0.2, 0.25) is 0 Å². The molecule has 0 aromatic heterocycles. The van der Waals surface area contributed by atoms with Crippen molar-refractivity contribution >= 4 is 17.2 Å². The highest BCUT2D eigenvalue weighted by molar-refractivity contribution is 6.18. The number of amidine groups is 1. The molecule has 0 unspecified atom stereocenters. The highest BCUT2D eigenvalue weighted by Crippen LogP contribution is 2.32. The minimum atomic E-state index is -0.359. The van der Waals surface area contributed by atoms with E-state index in [2.05, 4.69) is 29.6 Å². The number of nitrogens with zero attached hydrogens (tertiary/aromatic N) is 2. The number of nitrogens with one attached hydrogen (secondary N) is 1. The van der Waals surface area contributed by atoms with Gasteiger partial charge in [-0.05, 0) is 53.9 Å². The predicted octanol–water partition coefficient (Wildman–Crippen LogP) is 6.41. The normalized spacial score (nSPS) is 12.5. The average molecular weight is 480 g/mol. The quantitative estimate of drug-likeness (QED) is 0.333. The van der Waals surface area contributed by atoms with Crippen LogP contribution in [0.4, 0.5) is 10.1 Å². The van der Waals surface area contributed by atoms with E-state index in [4.69, 9.17) is 14.5 Å². The van der Waals surface area contributed by atoms with E-state index in [1.54, 1.807) is 13.2 Å². The molecule has 0 saturated carbocycles. The van der Waals surface area contributed by atoms with E-state index in [-0.39, 0.29) is 5.82 Å². The highest BCUT2D eigenvalue weighted by Gasteiger charge is 2.20. The molecule has 4 aromatic carbocycles. The van der Waals surface area contributed by atoms with Gasteiger partial charge in [0.1, 0.15) is 18.1 Å². The third-order valence-electron chi connectivity index (χ3n) is 6.03. The molecule has 0 saturated heterocycles. The Morgan fingerprint density at radius 3 is 2.33 bits per heavy atom. The molecule has 5 nitrogen and oxygen atoms in total. The third-order valence-corrected chi connectivity index (χ3v) is 6.03. The van der Waals surface area contributed by atoms with Crippen LogP contribution in [-0.4, -0.2) is 18.7 Å². The van der Waals surface area contributed by atoms with Gasteiger partial charge in [-0.1, -0.05) is 61.5 Å². The monoisotopic (exact) mass is 479 g/mol. The Morgan fingerprint density at radius 2 is 1.58 bits per heavy atom. The molecular formula is C30H26FN3O2. The maximum absolute atomic E-state index is 14.3. The number of hydrazone groups is 1. The van der Waals surface area contributed by atoms with Crippen LogP contribution in [0.3, 0.4) is 0 Å². The van der Waals surface area contributed by atoms with Crippen LogP contribution in [0.5, 0.6) is 11.5 Å². The standard InChI is InChI=1S/C30H26FN3O2/c1-3-20-9-11-22(12-10-20)30-32-26-15-14-24(31)18-25(26)29(33-34-30)23-13-16-27(28(17-23)35-2)36-19-21-7-5-4-6-8-21/h4-18H,3,19H2,1-2H3,(H,32,34). The number of aryl methyl sites for hydroxylation is 1. The van der Waals surface area contributed by atoms with Crippen LogP contribution >= 0.6 is 0 Å². The molecule has 4 aromatic rings. The lowest BCUT2D eigenvalue weighted by Crippen LogP contribution is -2.19. The topological polar surface area (TPSA) is 55.2 Å². The number of methoxy groups -OCH3 is 1. The minimum Gasteiger partial charge on any atom is -0.493 e. The Bertz CT molecular complexity index is 1430. The third kappa shape index (κ3) is 4.98. The lowest BCUT2D eigenvalue weighted by Gasteiger charge is -2.14. The molecule has 1 N–H and O–H groups in total. The molecule has 1 aliphatic rings. The van der Waals surface area contributed by atoms with E-state index in [1.165, 1.54) is 17.7 Å². The molecule has 180 valence electrons. The average Bonchev–Trinajstić information content (AvgIpc) is 3.12. The van der Waals surface area contributed by atoms with Crippen molar-refractivity contribution in [3.05, 3.63) is 125 Å². The zero-order chi connectivity index (χ0) is 24.9. The molecule has 0 aliphatic carbocycles. The SMILES string of the molecule is CCc1ccc(C2=Nc3ccc(F)cc3C(c3ccc(OCc4ccccc4)c(OC)c3)=NN2)cc1. The predicted molar refractivity (Wildman–Crippen MR) is 141 cm³/mol. The van der Waals surface area contributed by atoms with Crippen molar-refractivity contribution in [3.63, 3.8) is 0 Å². The minimum absolute atomic E-state index is 0.359. The number of aliphatic imine (C=N–C) groups is 1. The Kier molecular flexibility index (Phi) is 6.76. The van der Waals surface area contributed by atoms with E-state index in [0.717, 1.165) is 23.1 Å². The van der Waals surface area contributed by atoms with Crippen molar-refractivity contribution in [2.75, 3.05) is 7.11 Å². The molecule has 0 spiro atoms. The zero-order valence-corrected chi connectivity index (χ0v) is 20.2. The summed E-state index contributed by atoms with van der Waals surface area (Å²) in [4.78, 5) is 4.77. The molecule has 1 heterocycles. The Morgan fingerprint density at radius 1 is 0.806 bits per heavy atom. The summed E-state index contributed by atoms with van der Waals surface area (Å²) in [5.41, 5.74) is 8.80. The summed E-state index contributed by atoms with van der Waals surface area (Å²) in [7, 11) is 1.59. The fraction of sp³-hybridized carbons (Fsp3) is 0.133. The summed E-state index contributed by atoms with van der Waals surface area (Å²) < 4.78 is 25.9. The number of ether oxygens (including phenoxy) is 2. The van der Waals surface area contributed by atoms with Crippen LogP contribution in [0, 0.1) is 5.82 Å². The second kappa shape index (κ2) is 10.4. The van der Waals surface area contributed by atoms with Crippen LogP contribution in [0.2, 0.25) is 0 Å². The highest BCUT2D eigenvalue weighted by atomic mass is 19.1. The van der Waals surface area contributed by atoms with E-state index in [1.807, 2.05) is 60.7 Å². The first kappa shape index (κ1) is 23.3. The van der Waals surface area contributed by atoms with Crippen LogP contribution in [0.25, 0.3) is 0 Å². The van der Waals surface area contributed by atoms with Crippen LogP contribution < -0.4 is 14.9 Å². The van der Waals surface area contributed by atoms with Crippen molar-refractivity contribution in [2.24, 2.45) is 10.1 Å². The van der Waals surface area contributed by atoms with E-state index in [0.29, 0.717) is 40.9 Å². The number of hydrogen-bond acceptors (Lipinski definition) is 5. The van der Waals surface area contributed by atoms with Gasteiger partial charge < -0.3 is 9.47 Å². The molecule has 36 heavy (non-hydrogen) atoms. The van der Waals surface area contributed by atoms with Crippen LogP contribution in [0.15, 0.2) is 101 Å². The molecule has 1 aliphatic heterocycles. The van der Waals surface area contributed by atoms with Crippen molar-refractivity contribution < 1.29 is 13.9 Å². The van der Waals surface area contributed by atoms with Crippen molar-refractivity contribution in [1.82, 2.24) is 5.43 Å². The van der Waals surface area contributed by atoms with E-state index in [9.17, 15) is 4.39 Å². The number of halogens is 1. The molecule has 5 rings (SSSR count). The van der Waals surface area contributed by atoms with Gasteiger partial charge >= 0.3 is 0 Å². The first-order valence-corrected chi connectivity index (χ1v) is 11.8. The summed E-state index contributed by atoms with van der Waals surface area (Å²) >= 11 is 0. The van der Waals surface area contributed by atoms with Crippen molar-refractivity contribution in [2.45, 2.75) is 20.0 Å². The molecule has 0 fully saturated rings. The van der Waals surface area contributed by atoms with Crippen LogP contribution in [0.1, 0.15) is 34.7 Å². The van der Waals surface area contributed by atoms with Gasteiger partial charge in [-0.25, -0.2) is 9.38 Å². The number of fused-ring (bicyclic) bond motifs is 1. The van der Waals surface area contributed by atoms with Gasteiger partial charge in [0.25, 0.3) is 0 Å². The van der Waals surface area contributed by atoms with Crippen LogP contribution in [-0.2, 0) is 13.0 Å². The summed E-state index contributed by atoms with van der Waals surface area (Å²) in [6, 6.07) is 28.2. The second-order valence-electron chi connectivity index (χ2n) is 8.38. The largest absolute Gasteiger partial charge is 0.493 e. The Balaban J connectivity index is 1.49. The molecule has 0 atom stereocenters. The van der Waals surface area contributed by atoms with Crippen molar-refractivity contribution in [1.29, 1.82) is 0 Å². The molecule has 6 heteroatoms. The number of rotatable bonds is 7. The van der Waals surface area contributed by atoms with E-state index < -0.39 is 0 Å². The van der Waals surface area contributed by atoms with E-state index >= 15 is 0 Å². The van der Waals surface area contributed by atoms with Gasteiger partial charge in [-0.15, -0.1) is 0 Å². The van der Waals surface area contributed by atoms with Gasteiger partial charge in [0.15, 0.2) is 17.3 Å². The lowest BCUT2D eigenvalue weighted by atomic mass is 10.00. The lowest BCUT2D eigenvalue weighted by molar-refractivity contribution is 0.284. The smallest absolute Gasteiger partial charge is 0.161 e. The fourth-order valence-electron chi connectivity index (χ4n) is 4.03. The van der Waals surface area contributed by atoms with Gasteiger partial charge in [0.05, 0.1) is 12.8 Å². The van der Waals surface area contributed by atoms with Crippen molar-refractivity contribution in [3.8, 4) is 11.5 Å². The Hall–Kier alpha value is -4.45. The van der Waals surface area contributed by atoms with Gasteiger partial charge in [0, 0.05) is 16.7 Å². The maximum atomic E-state index is 14.3. The summed E-state index contributed by atoms with van der Waals surface area (Å²) in [6.45, 7) is 2.53. The van der Waals surface area contributed by atoms with Gasteiger partial charge in [-0.3, -0.25) is 5.43 Å². The first-order valence-electron chi connectivity index (χ1n) is 11.8. The Labute approximate surface area is 209 Å². The number of benzene rings is 4. The number of hydrogen-bond donors (Lipinski definition) is 1. The summed E-state index contributed by atoms with van der Waals surface area (Å²) in [5.74, 6) is 1.40. The molecule has 0 amide bonds. The van der Waals surface area contributed by atoms with Gasteiger partial charge in [-0.2, -0.15) is 5.10 Å². The zero-order valence-electron chi connectivity index (χ0n) is 20.2. The summed E-state index contributed by atoms with van der Waals surface area (Å²) in [6.07, 6.45) is 0.956. The molecule has 0 bridgehead atoms. The fourth-order valence-corrected chi connectivity index (χ4v) is 4.03. The maximum Gasteiger partial charge on any atom is 0.161 e. The molecular weight excluding hydrogens is 453 g/mol. The summed E-state index contributed by atoms with van der Waals surface area (Å²) in [5, 5.41) is 4.65. The first-order chi connectivity index (χ1) is 17.6. The second-order valence-corrected chi connectivity index (χ2v) is 8.38. The molecule has 0 radical (unpaired) electrons.